The van der Waals surface area contributed by atoms with Crippen molar-refractivity contribution in [2.75, 3.05) is 39.4 Å². The molecule has 0 atom stereocenters. The van der Waals surface area contributed by atoms with Crippen LogP contribution in [0.15, 0.2) is 0 Å². The summed E-state index contributed by atoms with van der Waals surface area (Å²) in [6.07, 6.45) is 5.38. The van der Waals surface area contributed by atoms with Gasteiger partial charge in [0, 0.05) is 25.7 Å². The van der Waals surface area contributed by atoms with Crippen LogP contribution in [0, 0.1) is 11.8 Å². The molecule has 0 radical (unpaired) electrons. The summed E-state index contributed by atoms with van der Waals surface area (Å²) < 4.78 is 5.65. The van der Waals surface area contributed by atoms with Gasteiger partial charge in [-0.15, -0.1) is 0 Å². The summed E-state index contributed by atoms with van der Waals surface area (Å²) in [5.41, 5.74) is 0. The number of ether oxygens (including phenoxy) is 1. The normalized spacial score (nSPS) is 22.8. The van der Waals surface area contributed by atoms with Crippen molar-refractivity contribution in [3.63, 3.8) is 0 Å². The van der Waals surface area contributed by atoms with Crippen molar-refractivity contribution in [1.29, 1.82) is 0 Å². The zero-order chi connectivity index (χ0) is 12.8. The Bertz CT molecular complexity index is 221. The lowest BCUT2D eigenvalue weighted by atomic mass is 10.0. The van der Waals surface area contributed by atoms with Gasteiger partial charge >= 0.3 is 0 Å². The summed E-state index contributed by atoms with van der Waals surface area (Å²) >= 11 is 0. The van der Waals surface area contributed by atoms with Crippen molar-refractivity contribution < 1.29 is 4.74 Å². The van der Waals surface area contributed by atoms with Crippen LogP contribution in [0.4, 0.5) is 0 Å². The number of nitrogens with zero attached hydrogens (tertiary/aromatic N) is 1. The van der Waals surface area contributed by atoms with E-state index in [0.29, 0.717) is 0 Å². The molecule has 0 unspecified atom stereocenters. The third-order valence-electron chi connectivity index (χ3n) is 3.94. The van der Waals surface area contributed by atoms with Crippen LogP contribution in [0.25, 0.3) is 0 Å². The number of hydrogen-bond donors (Lipinski definition) is 1. The molecule has 0 aromatic heterocycles. The van der Waals surface area contributed by atoms with E-state index in [1.165, 1.54) is 45.3 Å². The molecule has 2 fully saturated rings. The molecule has 1 aliphatic heterocycles. The van der Waals surface area contributed by atoms with E-state index < -0.39 is 0 Å². The minimum atomic E-state index is 0.720. The molecule has 1 saturated heterocycles. The molecule has 0 aromatic rings. The average molecular weight is 254 g/mol. The third-order valence-corrected chi connectivity index (χ3v) is 3.94. The number of nitrogens with one attached hydrogen (secondary N) is 1. The van der Waals surface area contributed by atoms with Gasteiger partial charge in [-0.3, -0.25) is 0 Å². The second kappa shape index (κ2) is 7.46. The molecule has 0 bridgehead atoms. The Morgan fingerprint density at radius 1 is 1.17 bits per heavy atom. The Balaban J connectivity index is 1.45. The fourth-order valence-electron chi connectivity index (χ4n) is 2.71. The van der Waals surface area contributed by atoms with Crippen LogP contribution in [-0.2, 0) is 4.74 Å². The van der Waals surface area contributed by atoms with Gasteiger partial charge in [0.1, 0.15) is 0 Å². The molecule has 2 rings (SSSR count). The first-order valence-corrected chi connectivity index (χ1v) is 7.77. The van der Waals surface area contributed by atoms with Gasteiger partial charge in [-0.1, -0.05) is 13.8 Å². The third kappa shape index (κ3) is 5.68. The van der Waals surface area contributed by atoms with Crippen LogP contribution in [0.2, 0.25) is 0 Å². The molecule has 2 aliphatic rings. The number of likely N-dealkylation sites (tertiary alicyclic amines) is 1. The van der Waals surface area contributed by atoms with Crippen LogP contribution in [0.3, 0.4) is 0 Å². The van der Waals surface area contributed by atoms with Gasteiger partial charge in [0.15, 0.2) is 0 Å². The van der Waals surface area contributed by atoms with Gasteiger partial charge in [0.05, 0.1) is 6.61 Å². The molecule has 1 heterocycles. The highest BCUT2D eigenvalue weighted by atomic mass is 16.5. The lowest BCUT2D eigenvalue weighted by molar-refractivity contribution is 0.118. The summed E-state index contributed by atoms with van der Waals surface area (Å²) in [6, 6.07) is 0.720. The predicted octanol–water partition coefficient (Wildman–Crippen LogP) is 2.12. The molecule has 18 heavy (non-hydrogen) atoms. The van der Waals surface area contributed by atoms with Crippen LogP contribution in [0.1, 0.15) is 39.5 Å². The minimum Gasteiger partial charge on any atom is -0.380 e. The Hall–Kier alpha value is -0.120. The molecule has 1 N–H and O–H groups in total. The highest BCUT2D eigenvalue weighted by Crippen LogP contribution is 2.28. The molecule has 3 nitrogen and oxygen atoms in total. The maximum atomic E-state index is 5.65. The second-order valence-electron chi connectivity index (χ2n) is 6.44. The lowest BCUT2D eigenvalue weighted by Crippen LogP contribution is -2.44. The van der Waals surface area contributed by atoms with E-state index in [1.54, 1.807) is 0 Å². The summed E-state index contributed by atoms with van der Waals surface area (Å²) in [4.78, 5) is 2.60. The van der Waals surface area contributed by atoms with E-state index in [2.05, 4.69) is 24.1 Å². The van der Waals surface area contributed by atoms with E-state index in [9.17, 15) is 0 Å². The molecule has 106 valence electrons. The van der Waals surface area contributed by atoms with Crippen LogP contribution in [0.5, 0.6) is 0 Å². The molecule has 0 spiro atoms. The predicted molar refractivity (Wildman–Crippen MR) is 75.8 cm³/mol. The smallest absolute Gasteiger partial charge is 0.0591 e. The monoisotopic (exact) mass is 254 g/mol. The molecule has 0 aromatic carbocycles. The van der Waals surface area contributed by atoms with Gasteiger partial charge in [-0.05, 0) is 50.6 Å². The van der Waals surface area contributed by atoms with Crippen LogP contribution in [-0.4, -0.2) is 50.3 Å². The Kier molecular flexibility index (Phi) is 5.93. The summed E-state index contributed by atoms with van der Waals surface area (Å²) in [5, 5.41) is 3.64. The van der Waals surface area contributed by atoms with Crippen molar-refractivity contribution in [3.05, 3.63) is 0 Å². The van der Waals surface area contributed by atoms with E-state index in [-0.39, 0.29) is 0 Å². The fraction of sp³-hybridized carbons (Fsp3) is 1.00. The van der Waals surface area contributed by atoms with E-state index in [0.717, 1.165) is 37.6 Å². The number of rotatable bonds is 8. The summed E-state index contributed by atoms with van der Waals surface area (Å²) in [6.45, 7) is 11.3. The largest absolute Gasteiger partial charge is 0.380 e. The van der Waals surface area contributed by atoms with Gasteiger partial charge in [0.2, 0.25) is 0 Å². The van der Waals surface area contributed by atoms with Gasteiger partial charge in [-0.2, -0.15) is 0 Å². The first-order chi connectivity index (χ1) is 8.74. The van der Waals surface area contributed by atoms with Crippen molar-refractivity contribution in [2.45, 2.75) is 45.6 Å². The fourth-order valence-corrected chi connectivity index (χ4v) is 2.71. The van der Waals surface area contributed by atoms with Crippen molar-refractivity contribution >= 4 is 0 Å². The molecule has 1 saturated carbocycles. The quantitative estimate of drug-likeness (QED) is 0.672. The second-order valence-corrected chi connectivity index (χ2v) is 6.44. The summed E-state index contributed by atoms with van der Waals surface area (Å²) in [5.74, 6) is 1.69. The topological polar surface area (TPSA) is 24.5 Å². The van der Waals surface area contributed by atoms with Gasteiger partial charge in [-0.25, -0.2) is 0 Å². The molecular weight excluding hydrogens is 224 g/mol. The highest BCUT2D eigenvalue weighted by Gasteiger charge is 2.21. The van der Waals surface area contributed by atoms with Crippen molar-refractivity contribution in [3.8, 4) is 0 Å². The molecule has 0 amide bonds. The maximum Gasteiger partial charge on any atom is 0.0591 e. The molecule has 3 heteroatoms. The minimum absolute atomic E-state index is 0.720. The summed E-state index contributed by atoms with van der Waals surface area (Å²) in [7, 11) is 0. The highest BCUT2D eigenvalue weighted by molar-refractivity contribution is 4.77. The standard InChI is InChI=1S/C15H30N2O/c1-13(2)11-17-8-5-15(6-9-17)16-7-10-18-12-14-3-4-14/h13-16H,3-12H2,1-2H3. The van der Waals surface area contributed by atoms with Gasteiger partial charge in [0.25, 0.3) is 0 Å². The number of hydrogen-bond acceptors (Lipinski definition) is 3. The van der Waals surface area contributed by atoms with E-state index >= 15 is 0 Å². The molecule has 1 aliphatic carbocycles. The zero-order valence-electron chi connectivity index (χ0n) is 12.2. The van der Waals surface area contributed by atoms with Crippen molar-refractivity contribution in [2.24, 2.45) is 11.8 Å². The first-order valence-electron chi connectivity index (χ1n) is 7.77. The van der Waals surface area contributed by atoms with Crippen molar-refractivity contribution in [1.82, 2.24) is 10.2 Å². The first kappa shape index (κ1) is 14.3. The Morgan fingerprint density at radius 3 is 2.50 bits per heavy atom. The van der Waals surface area contributed by atoms with Crippen LogP contribution >= 0.6 is 0 Å². The average Bonchev–Trinajstić information content (AvgIpc) is 3.14. The van der Waals surface area contributed by atoms with Crippen LogP contribution < -0.4 is 5.32 Å². The zero-order valence-corrected chi connectivity index (χ0v) is 12.2. The SMILES string of the molecule is CC(C)CN1CCC(NCCOCC2CC2)CC1. The Labute approximate surface area is 112 Å². The van der Waals surface area contributed by atoms with E-state index in [1.807, 2.05) is 0 Å². The van der Waals surface area contributed by atoms with Gasteiger partial charge < -0.3 is 15.0 Å². The Morgan fingerprint density at radius 2 is 1.89 bits per heavy atom. The maximum absolute atomic E-state index is 5.65. The number of piperidine rings is 1. The van der Waals surface area contributed by atoms with E-state index in [4.69, 9.17) is 4.74 Å². The molecular formula is C15H30N2O. The lowest BCUT2D eigenvalue weighted by Gasteiger charge is -2.33.